The van der Waals surface area contributed by atoms with E-state index in [0.717, 1.165) is 5.69 Å². The molecule has 0 unspecified atom stereocenters. The first kappa shape index (κ1) is 19.9. The largest absolute Gasteiger partial charge is 0.366 e. The fourth-order valence-corrected chi connectivity index (χ4v) is 3.97. The van der Waals surface area contributed by atoms with E-state index in [9.17, 15) is 14.0 Å². The van der Waals surface area contributed by atoms with E-state index in [1.54, 1.807) is 27.8 Å². The number of anilines is 1. The highest BCUT2D eigenvalue weighted by molar-refractivity contribution is 5.78. The maximum absolute atomic E-state index is 14.0. The molecule has 2 aromatic heterocycles. The van der Waals surface area contributed by atoms with Gasteiger partial charge in [0.25, 0.3) is 5.56 Å². The summed E-state index contributed by atoms with van der Waals surface area (Å²) in [6.07, 6.45) is 2.87. The van der Waals surface area contributed by atoms with Crippen molar-refractivity contribution in [2.45, 2.75) is 6.54 Å². The number of hydrogen-bond donors (Lipinski definition) is 0. The lowest BCUT2D eigenvalue weighted by molar-refractivity contribution is -0.132. The van der Waals surface area contributed by atoms with Crippen LogP contribution in [-0.2, 0) is 11.3 Å². The van der Waals surface area contributed by atoms with Crippen LogP contribution < -0.4 is 10.5 Å². The summed E-state index contributed by atoms with van der Waals surface area (Å²) in [4.78, 5) is 33.7. The normalized spacial score (nSPS) is 14.2. The van der Waals surface area contributed by atoms with Crippen molar-refractivity contribution in [3.8, 4) is 5.69 Å². The zero-order valence-electron chi connectivity index (χ0n) is 17.3. The number of carbonyl (C=O) groups excluding carboxylic acids is 1. The first-order valence-electron chi connectivity index (χ1n) is 10.4. The lowest BCUT2D eigenvalue weighted by atomic mass is 10.2. The zero-order valence-corrected chi connectivity index (χ0v) is 17.3. The molecule has 1 saturated heterocycles. The molecule has 0 saturated carbocycles. The predicted octanol–water partition coefficient (Wildman–Crippen LogP) is 2.07. The average molecular weight is 432 g/mol. The van der Waals surface area contributed by atoms with E-state index in [-0.39, 0.29) is 23.8 Å². The van der Waals surface area contributed by atoms with Crippen LogP contribution in [0.3, 0.4) is 0 Å². The zero-order chi connectivity index (χ0) is 22.1. The van der Waals surface area contributed by atoms with Gasteiger partial charge in [0, 0.05) is 26.2 Å². The molecule has 0 aliphatic carbocycles. The Balaban J connectivity index is 1.30. The second-order valence-electron chi connectivity index (χ2n) is 7.63. The van der Waals surface area contributed by atoms with Crippen LogP contribution in [0.4, 0.5) is 10.1 Å². The molecule has 1 aliphatic heterocycles. The molecule has 4 aromatic rings. The second-order valence-corrected chi connectivity index (χ2v) is 7.63. The van der Waals surface area contributed by atoms with Crippen LogP contribution in [0, 0.1) is 5.82 Å². The van der Waals surface area contributed by atoms with Crippen LogP contribution in [0.25, 0.3) is 16.7 Å². The Morgan fingerprint density at radius 3 is 2.44 bits per heavy atom. The van der Waals surface area contributed by atoms with Gasteiger partial charge in [0.15, 0.2) is 5.65 Å². The SMILES string of the molecule is O=C(Cn1cnc2c(cnn2-c2ccccc2)c1=O)N1CCN(c2ccccc2F)CC1. The van der Waals surface area contributed by atoms with Gasteiger partial charge in [-0.15, -0.1) is 0 Å². The highest BCUT2D eigenvalue weighted by Crippen LogP contribution is 2.20. The van der Waals surface area contributed by atoms with Gasteiger partial charge < -0.3 is 9.80 Å². The summed E-state index contributed by atoms with van der Waals surface area (Å²) in [5.41, 5.74) is 1.48. The number of benzene rings is 2. The molecule has 0 bridgehead atoms. The number of amides is 1. The number of para-hydroxylation sites is 2. The second kappa shape index (κ2) is 8.26. The lowest BCUT2D eigenvalue weighted by Gasteiger charge is -2.36. The van der Waals surface area contributed by atoms with Gasteiger partial charge in [-0.3, -0.25) is 14.2 Å². The van der Waals surface area contributed by atoms with Crippen molar-refractivity contribution in [3.05, 3.63) is 83.3 Å². The summed E-state index contributed by atoms with van der Waals surface area (Å²) in [5, 5.41) is 4.65. The quantitative estimate of drug-likeness (QED) is 0.494. The lowest BCUT2D eigenvalue weighted by Crippen LogP contribution is -2.50. The van der Waals surface area contributed by atoms with Crippen LogP contribution in [-0.4, -0.2) is 56.3 Å². The number of rotatable bonds is 4. The Kier molecular flexibility index (Phi) is 5.14. The molecule has 0 spiro atoms. The standard InChI is InChI=1S/C23H21FN6O2/c24-19-8-4-5-9-20(19)27-10-12-28(13-11-27)21(31)15-29-16-25-22-18(23(29)32)14-26-30(22)17-6-2-1-3-7-17/h1-9,14,16H,10-13,15H2. The Hall–Kier alpha value is -4.01. The molecule has 0 radical (unpaired) electrons. The summed E-state index contributed by atoms with van der Waals surface area (Å²) < 4.78 is 16.9. The number of fused-ring (bicyclic) bond motifs is 1. The van der Waals surface area contributed by atoms with E-state index in [1.165, 1.54) is 23.2 Å². The molecular formula is C23H21FN6O2. The van der Waals surface area contributed by atoms with E-state index in [4.69, 9.17) is 0 Å². The smallest absolute Gasteiger partial charge is 0.264 e. The molecule has 0 N–H and O–H groups in total. The molecule has 32 heavy (non-hydrogen) atoms. The predicted molar refractivity (Wildman–Crippen MR) is 118 cm³/mol. The van der Waals surface area contributed by atoms with Crippen molar-refractivity contribution in [3.63, 3.8) is 0 Å². The Labute approximate surface area is 183 Å². The summed E-state index contributed by atoms with van der Waals surface area (Å²) >= 11 is 0. The third-order valence-corrected chi connectivity index (χ3v) is 5.69. The number of nitrogens with zero attached hydrogens (tertiary/aromatic N) is 6. The molecular weight excluding hydrogens is 411 g/mol. The van der Waals surface area contributed by atoms with Crippen molar-refractivity contribution in [1.29, 1.82) is 0 Å². The van der Waals surface area contributed by atoms with Gasteiger partial charge >= 0.3 is 0 Å². The van der Waals surface area contributed by atoms with Gasteiger partial charge in [0.05, 0.1) is 17.6 Å². The molecule has 9 heteroatoms. The molecule has 8 nitrogen and oxygen atoms in total. The van der Waals surface area contributed by atoms with Crippen LogP contribution in [0.1, 0.15) is 0 Å². The molecule has 162 valence electrons. The van der Waals surface area contributed by atoms with E-state index >= 15 is 0 Å². The number of hydrogen-bond acceptors (Lipinski definition) is 5. The van der Waals surface area contributed by atoms with E-state index in [1.807, 2.05) is 35.2 Å². The van der Waals surface area contributed by atoms with Crippen LogP contribution >= 0.6 is 0 Å². The van der Waals surface area contributed by atoms with Gasteiger partial charge in [-0.25, -0.2) is 14.1 Å². The van der Waals surface area contributed by atoms with E-state index in [2.05, 4.69) is 10.1 Å². The number of aromatic nitrogens is 4. The topological polar surface area (TPSA) is 76.3 Å². The van der Waals surface area contributed by atoms with Crippen molar-refractivity contribution in [2.24, 2.45) is 0 Å². The minimum Gasteiger partial charge on any atom is -0.366 e. The summed E-state index contributed by atoms with van der Waals surface area (Å²) in [6.45, 7) is 1.89. The van der Waals surface area contributed by atoms with Crippen molar-refractivity contribution in [1.82, 2.24) is 24.2 Å². The molecule has 0 atom stereocenters. The van der Waals surface area contributed by atoms with E-state index < -0.39 is 0 Å². The third kappa shape index (κ3) is 3.62. The van der Waals surface area contributed by atoms with Crippen LogP contribution in [0.2, 0.25) is 0 Å². The molecule has 5 rings (SSSR count). The van der Waals surface area contributed by atoms with Gasteiger partial charge in [0.1, 0.15) is 24.1 Å². The summed E-state index contributed by atoms with van der Waals surface area (Å²) in [7, 11) is 0. The number of piperazine rings is 1. The van der Waals surface area contributed by atoms with Crippen molar-refractivity contribution >= 4 is 22.6 Å². The Morgan fingerprint density at radius 1 is 0.969 bits per heavy atom. The van der Waals surface area contributed by atoms with Gasteiger partial charge in [-0.1, -0.05) is 30.3 Å². The molecule has 1 amide bonds. The monoisotopic (exact) mass is 432 g/mol. The number of halogens is 1. The minimum absolute atomic E-state index is 0.0992. The van der Waals surface area contributed by atoms with Gasteiger partial charge in [-0.05, 0) is 24.3 Å². The molecule has 1 aliphatic rings. The molecule has 2 aromatic carbocycles. The van der Waals surface area contributed by atoms with Crippen LogP contribution in [0.15, 0.2) is 71.9 Å². The first-order chi connectivity index (χ1) is 15.6. The van der Waals surface area contributed by atoms with Crippen LogP contribution in [0.5, 0.6) is 0 Å². The highest BCUT2D eigenvalue weighted by atomic mass is 19.1. The maximum Gasteiger partial charge on any atom is 0.264 e. The van der Waals surface area contributed by atoms with Gasteiger partial charge in [0.2, 0.25) is 5.91 Å². The average Bonchev–Trinajstić information content (AvgIpc) is 3.27. The Morgan fingerprint density at radius 2 is 1.69 bits per heavy atom. The molecule has 1 fully saturated rings. The minimum atomic E-state index is -0.310. The van der Waals surface area contributed by atoms with Crippen molar-refractivity contribution in [2.75, 3.05) is 31.1 Å². The fraction of sp³-hybridized carbons (Fsp3) is 0.217. The Bertz CT molecular complexity index is 1330. The first-order valence-corrected chi connectivity index (χ1v) is 10.4. The summed E-state index contributed by atoms with van der Waals surface area (Å²) in [6, 6.07) is 16.1. The molecule has 3 heterocycles. The third-order valence-electron chi connectivity index (χ3n) is 5.69. The van der Waals surface area contributed by atoms with Gasteiger partial charge in [-0.2, -0.15) is 5.10 Å². The van der Waals surface area contributed by atoms with E-state index in [0.29, 0.717) is 42.9 Å². The maximum atomic E-state index is 14.0. The highest BCUT2D eigenvalue weighted by Gasteiger charge is 2.23. The summed E-state index contributed by atoms with van der Waals surface area (Å²) in [5.74, 6) is -0.439. The number of carbonyl (C=O) groups is 1. The fourth-order valence-electron chi connectivity index (χ4n) is 3.97. The van der Waals surface area contributed by atoms with Crippen molar-refractivity contribution < 1.29 is 9.18 Å².